The van der Waals surface area contributed by atoms with E-state index >= 15 is 0 Å². The van der Waals surface area contributed by atoms with Crippen molar-refractivity contribution in [2.45, 2.75) is 20.3 Å². The molecule has 1 aromatic heterocycles. The van der Waals surface area contributed by atoms with Gasteiger partial charge in [-0.25, -0.2) is 0 Å². The van der Waals surface area contributed by atoms with Gasteiger partial charge in [-0.15, -0.1) is 0 Å². The van der Waals surface area contributed by atoms with Gasteiger partial charge in [0.2, 0.25) is 0 Å². The van der Waals surface area contributed by atoms with Crippen LogP contribution in [0.4, 0.5) is 5.69 Å². The summed E-state index contributed by atoms with van der Waals surface area (Å²) >= 11 is 0.0660. The molecule has 0 aliphatic rings. The molecule has 4 heteroatoms. The maximum atomic E-state index is 4.44. The van der Waals surface area contributed by atoms with Crippen molar-refractivity contribution in [3.63, 3.8) is 0 Å². The number of rotatable bonds is 4. The topological polar surface area (TPSA) is 37.8 Å². The summed E-state index contributed by atoms with van der Waals surface area (Å²) in [6.45, 7) is 5.47. The first-order chi connectivity index (χ1) is 7.31. The molecule has 2 rings (SSSR count). The van der Waals surface area contributed by atoms with Gasteiger partial charge < -0.3 is 0 Å². The molecule has 80 valence electrons. The Hall–Kier alpha value is -0.861. The second kappa shape index (κ2) is 4.77. The molecule has 1 unspecified atom stereocenters. The molecule has 1 N–H and O–H groups in total. The van der Waals surface area contributed by atoms with Crippen LogP contribution in [0, 0.1) is 5.92 Å². The van der Waals surface area contributed by atoms with Crippen molar-refractivity contribution in [1.82, 2.24) is 7.96 Å². The predicted octanol–water partition coefficient (Wildman–Crippen LogP) is 2.14. The van der Waals surface area contributed by atoms with Crippen LogP contribution in [0.5, 0.6) is 0 Å². The molecule has 1 heterocycles. The fraction of sp³-hybridized carbons (Fsp3) is 0.455. The van der Waals surface area contributed by atoms with Crippen molar-refractivity contribution in [2.24, 2.45) is 5.92 Å². The zero-order valence-electron chi connectivity index (χ0n) is 9.03. The van der Waals surface area contributed by atoms with Gasteiger partial charge in [-0.05, 0) is 0 Å². The number of benzene rings is 1. The van der Waals surface area contributed by atoms with E-state index in [0.29, 0.717) is 5.92 Å². The van der Waals surface area contributed by atoms with Gasteiger partial charge in [-0.2, -0.15) is 0 Å². The van der Waals surface area contributed by atoms with Gasteiger partial charge in [0.15, 0.2) is 0 Å². The van der Waals surface area contributed by atoms with Crippen molar-refractivity contribution in [2.75, 3.05) is 11.9 Å². The number of hydrogen-bond donors (Lipinski definition) is 1. The molecule has 2 aromatic rings. The first-order valence-electron chi connectivity index (χ1n) is 5.26. The quantitative estimate of drug-likeness (QED) is 0.863. The SMILES string of the molecule is CCC(C)CNc1cccc2n[se]nc12. The van der Waals surface area contributed by atoms with Gasteiger partial charge in [0.05, 0.1) is 0 Å². The maximum absolute atomic E-state index is 4.44. The third-order valence-corrected chi connectivity index (χ3v) is 3.76. The fourth-order valence-corrected chi connectivity index (χ4v) is 2.53. The van der Waals surface area contributed by atoms with Crippen LogP contribution in [-0.2, 0) is 0 Å². The van der Waals surface area contributed by atoms with Crippen LogP contribution in [0.25, 0.3) is 11.0 Å². The van der Waals surface area contributed by atoms with E-state index in [1.807, 2.05) is 12.1 Å². The van der Waals surface area contributed by atoms with Crippen LogP contribution >= 0.6 is 0 Å². The monoisotopic (exact) mass is 269 g/mol. The van der Waals surface area contributed by atoms with Gasteiger partial charge in [-0.1, -0.05) is 0 Å². The van der Waals surface area contributed by atoms with Crippen LogP contribution in [-0.4, -0.2) is 29.5 Å². The number of nitrogens with zero attached hydrogens (tertiary/aromatic N) is 2. The fourth-order valence-electron chi connectivity index (χ4n) is 1.38. The van der Waals surface area contributed by atoms with E-state index in [9.17, 15) is 0 Å². The number of hydrogen-bond acceptors (Lipinski definition) is 3. The summed E-state index contributed by atoms with van der Waals surface area (Å²) in [5.74, 6) is 0.699. The van der Waals surface area contributed by atoms with Crippen molar-refractivity contribution in [1.29, 1.82) is 0 Å². The Morgan fingerprint density at radius 2 is 2.27 bits per heavy atom. The van der Waals surface area contributed by atoms with Crippen LogP contribution in [0.1, 0.15) is 20.3 Å². The molecular weight excluding hydrogens is 253 g/mol. The molecular formula is C11H15N3Se. The first kappa shape index (κ1) is 10.7. The van der Waals surface area contributed by atoms with Crippen molar-refractivity contribution < 1.29 is 0 Å². The molecule has 0 aliphatic carbocycles. The number of fused-ring (bicyclic) bond motifs is 1. The van der Waals surface area contributed by atoms with E-state index in [1.54, 1.807) is 0 Å². The zero-order chi connectivity index (χ0) is 10.7. The van der Waals surface area contributed by atoms with E-state index in [2.05, 4.69) is 33.2 Å². The van der Waals surface area contributed by atoms with Crippen LogP contribution < -0.4 is 5.32 Å². The van der Waals surface area contributed by atoms with Gasteiger partial charge in [0, 0.05) is 0 Å². The Labute approximate surface area is 96.1 Å². The number of nitrogens with one attached hydrogen (secondary N) is 1. The van der Waals surface area contributed by atoms with E-state index < -0.39 is 0 Å². The molecule has 0 fully saturated rings. The molecule has 15 heavy (non-hydrogen) atoms. The normalized spacial score (nSPS) is 12.9. The summed E-state index contributed by atoms with van der Waals surface area (Å²) in [5, 5.41) is 3.45. The van der Waals surface area contributed by atoms with E-state index in [0.717, 1.165) is 23.3 Å². The minimum absolute atomic E-state index is 0.0660. The van der Waals surface area contributed by atoms with Gasteiger partial charge in [0.1, 0.15) is 0 Å². The molecule has 0 spiro atoms. The number of aromatic nitrogens is 2. The molecule has 0 radical (unpaired) electrons. The van der Waals surface area contributed by atoms with E-state index in [1.165, 1.54) is 6.42 Å². The average molecular weight is 268 g/mol. The third-order valence-electron chi connectivity index (χ3n) is 2.62. The second-order valence-corrected chi connectivity index (χ2v) is 4.94. The molecule has 0 bridgehead atoms. The van der Waals surface area contributed by atoms with Gasteiger partial charge in [0.25, 0.3) is 0 Å². The molecule has 1 atom stereocenters. The minimum atomic E-state index is 0.0660. The standard InChI is InChI=1S/C11H15N3Se/c1-3-8(2)7-12-9-5-4-6-10-11(9)14-15-13-10/h4-6,8,12H,3,7H2,1-2H3. The van der Waals surface area contributed by atoms with Crippen LogP contribution in [0.15, 0.2) is 18.2 Å². The Balaban J connectivity index is 2.17. The predicted molar refractivity (Wildman–Crippen MR) is 64.4 cm³/mol. The van der Waals surface area contributed by atoms with Crippen molar-refractivity contribution in [3.05, 3.63) is 18.2 Å². The molecule has 0 amide bonds. The van der Waals surface area contributed by atoms with Crippen molar-refractivity contribution >= 4 is 31.7 Å². The van der Waals surface area contributed by atoms with Crippen LogP contribution in [0.2, 0.25) is 0 Å². The van der Waals surface area contributed by atoms with Gasteiger partial charge in [-0.3, -0.25) is 0 Å². The van der Waals surface area contributed by atoms with Crippen molar-refractivity contribution in [3.8, 4) is 0 Å². The Bertz CT molecular complexity index is 438. The first-order valence-corrected chi connectivity index (χ1v) is 6.79. The summed E-state index contributed by atoms with van der Waals surface area (Å²) in [5.41, 5.74) is 3.24. The summed E-state index contributed by atoms with van der Waals surface area (Å²) in [6.07, 6.45) is 1.20. The van der Waals surface area contributed by atoms with E-state index in [-0.39, 0.29) is 15.0 Å². The zero-order valence-corrected chi connectivity index (χ0v) is 10.7. The molecule has 1 aromatic carbocycles. The summed E-state index contributed by atoms with van der Waals surface area (Å²) in [6, 6.07) is 6.15. The van der Waals surface area contributed by atoms with E-state index in [4.69, 9.17) is 0 Å². The average Bonchev–Trinajstić information content (AvgIpc) is 2.74. The molecule has 0 saturated carbocycles. The molecule has 3 nitrogen and oxygen atoms in total. The Kier molecular flexibility index (Phi) is 3.39. The molecule has 0 aliphatic heterocycles. The van der Waals surface area contributed by atoms with Crippen LogP contribution in [0.3, 0.4) is 0 Å². The Morgan fingerprint density at radius 1 is 1.40 bits per heavy atom. The van der Waals surface area contributed by atoms with Gasteiger partial charge >= 0.3 is 95.9 Å². The number of anilines is 1. The second-order valence-electron chi connectivity index (χ2n) is 3.83. The summed E-state index contributed by atoms with van der Waals surface area (Å²) in [4.78, 5) is 0. The Morgan fingerprint density at radius 3 is 3.07 bits per heavy atom. The summed E-state index contributed by atoms with van der Waals surface area (Å²) in [7, 11) is 0. The molecule has 0 saturated heterocycles. The third kappa shape index (κ3) is 2.39. The summed E-state index contributed by atoms with van der Waals surface area (Å²) < 4.78 is 8.80.